The van der Waals surface area contributed by atoms with Crippen molar-refractivity contribution in [2.24, 2.45) is 0 Å². The first-order valence-corrected chi connectivity index (χ1v) is 10.2. The van der Waals surface area contributed by atoms with Gasteiger partial charge in [0.1, 0.15) is 5.76 Å². The van der Waals surface area contributed by atoms with Crippen LogP contribution in [0, 0.1) is 0 Å². The fourth-order valence-corrected chi connectivity index (χ4v) is 3.83. The minimum atomic E-state index is -3.96. The summed E-state index contributed by atoms with van der Waals surface area (Å²) in [4.78, 5) is 4.27. The second-order valence-corrected chi connectivity index (χ2v) is 8.05. The third-order valence-electron chi connectivity index (χ3n) is 3.99. The fraction of sp³-hybridized carbons (Fsp3) is 0.0500. The normalized spacial score (nSPS) is 11.6. The van der Waals surface area contributed by atoms with Crippen LogP contribution in [0.3, 0.4) is 0 Å². The molecule has 1 N–H and O–H groups in total. The molecule has 2 aromatic carbocycles. The smallest absolute Gasteiger partial charge is 0.262 e. The molecular weight excluding hydrogens is 400 g/mol. The topological polar surface area (TPSA) is 85.3 Å². The minimum Gasteiger partial charge on any atom is -0.468 e. The lowest BCUT2D eigenvalue weighted by atomic mass is 10.2. The number of hydrogen-bond donors (Lipinski definition) is 1. The molecule has 2 aromatic heterocycles. The van der Waals surface area contributed by atoms with Crippen molar-refractivity contribution < 1.29 is 17.3 Å². The van der Waals surface area contributed by atoms with E-state index in [-0.39, 0.29) is 23.2 Å². The van der Waals surface area contributed by atoms with Crippen LogP contribution in [0.5, 0.6) is 0 Å². The van der Waals surface area contributed by atoms with Gasteiger partial charge in [-0.3, -0.25) is 0 Å². The molecule has 28 heavy (non-hydrogen) atoms. The van der Waals surface area contributed by atoms with E-state index in [9.17, 15) is 8.42 Å². The molecule has 0 atom stereocenters. The van der Waals surface area contributed by atoms with Crippen LogP contribution in [0.15, 0.2) is 86.9 Å². The number of oxazole rings is 1. The molecule has 0 saturated carbocycles. The predicted octanol–water partition coefficient (Wildman–Crippen LogP) is 4.73. The molecule has 0 aliphatic rings. The van der Waals surface area contributed by atoms with E-state index in [4.69, 9.17) is 20.4 Å². The summed E-state index contributed by atoms with van der Waals surface area (Å²) in [6.07, 6.45) is 1.48. The number of sulfonamides is 1. The van der Waals surface area contributed by atoms with Gasteiger partial charge in [-0.2, -0.15) is 4.98 Å². The van der Waals surface area contributed by atoms with E-state index in [1.165, 1.54) is 6.26 Å². The third-order valence-corrected chi connectivity index (χ3v) is 5.56. The van der Waals surface area contributed by atoms with E-state index in [2.05, 4.69) is 9.71 Å². The minimum absolute atomic E-state index is 0.00290. The molecule has 0 bridgehead atoms. The molecular formula is C20H15ClN2O4S. The summed E-state index contributed by atoms with van der Waals surface area (Å²) in [6, 6.07) is 19.2. The molecule has 4 rings (SSSR count). The second kappa shape index (κ2) is 7.63. The Morgan fingerprint density at radius 1 is 0.929 bits per heavy atom. The Labute approximate surface area is 166 Å². The lowest BCUT2D eigenvalue weighted by molar-refractivity contribution is 0.498. The Bertz CT molecular complexity index is 1170. The van der Waals surface area contributed by atoms with Gasteiger partial charge in [0.2, 0.25) is 10.9 Å². The Morgan fingerprint density at radius 2 is 1.68 bits per heavy atom. The van der Waals surface area contributed by atoms with Crippen LogP contribution in [0.4, 0.5) is 0 Å². The van der Waals surface area contributed by atoms with Gasteiger partial charge in [-0.1, -0.05) is 29.8 Å². The van der Waals surface area contributed by atoms with Crippen LogP contribution in [0.2, 0.25) is 5.02 Å². The SMILES string of the molecule is O=S(=O)(NCc1ccco1)c1nc(-c2ccccc2)oc1-c1ccc(Cl)cc1. The lowest BCUT2D eigenvalue weighted by Gasteiger charge is -2.04. The molecule has 0 radical (unpaired) electrons. The van der Waals surface area contributed by atoms with Crippen molar-refractivity contribution in [1.82, 2.24) is 9.71 Å². The van der Waals surface area contributed by atoms with Crippen LogP contribution in [-0.2, 0) is 16.6 Å². The van der Waals surface area contributed by atoms with E-state index in [1.807, 2.05) is 18.2 Å². The lowest BCUT2D eigenvalue weighted by Crippen LogP contribution is -2.24. The van der Waals surface area contributed by atoms with E-state index < -0.39 is 10.0 Å². The van der Waals surface area contributed by atoms with Crippen molar-refractivity contribution in [2.75, 3.05) is 0 Å². The monoisotopic (exact) mass is 414 g/mol. The number of nitrogens with zero attached hydrogens (tertiary/aromatic N) is 1. The molecule has 8 heteroatoms. The van der Waals surface area contributed by atoms with Gasteiger partial charge in [0.05, 0.1) is 12.8 Å². The highest BCUT2D eigenvalue weighted by molar-refractivity contribution is 7.89. The quantitative estimate of drug-likeness (QED) is 0.492. The van der Waals surface area contributed by atoms with Gasteiger partial charge in [0.25, 0.3) is 10.0 Å². The number of rotatable bonds is 6. The molecule has 0 aliphatic heterocycles. The van der Waals surface area contributed by atoms with Gasteiger partial charge in [-0.05, 0) is 48.5 Å². The highest BCUT2D eigenvalue weighted by Gasteiger charge is 2.27. The molecule has 0 fully saturated rings. The molecule has 0 aliphatic carbocycles. The first-order chi connectivity index (χ1) is 13.5. The van der Waals surface area contributed by atoms with Gasteiger partial charge in [0.15, 0.2) is 5.76 Å². The van der Waals surface area contributed by atoms with E-state index in [0.29, 0.717) is 21.9 Å². The Kier molecular flexibility index (Phi) is 5.04. The standard InChI is InChI=1S/C20H15ClN2O4S/c21-16-10-8-14(9-11-16)18-20(23-19(27-18)15-5-2-1-3-6-15)28(24,25)22-13-17-7-4-12-26-17/h1-12,22H,13H2. The van der Waals surface area contributed by atoms with Gasteiger partial charge in [0, 0.05) is 16.1 Å². The van der Waals surface area contributed by atoms with Crippen molar-refractivity contribution in [2.45, 2.75) is 11.6 Å². The van der Waals surface area contributed by atoms with Crippen molar-refractivity contribution in [3.8, 4) is 22.8 Å². The Morgan fingerprint density at radius 3 is 2.36 bits per heavy atom. The maximum absolute atomic E-state index is 12.9. The summed E-state index contributed by atoms with van der Waals surface area (Å²) in [5.41, 5.74) is 1.22. The maximum atomic E-state index is 12.9. The zero-order valence-electron chi connectivity index (χ0n) is 14.5. The average Bonchev–Trinajstić information content (AvgIpc) is 3.38. The van der Waals surface area contributed by atoms with Gasteiger partial charge >= 0.3 is 0 Å². The predicted molar refractivity (Wildman–Crippen MR) is 105 cm³/mol. The van der Waals surface area contributed by atoms with Gasteiger partial charge in [-0.15, -0.1) is 0 Å². The molecule has 0 amide bonds. The van der Waals surface area contributed by atoms with Crippen LogP contribution in [0.1, 0.15) is 5.76 Å². The van der Waals surface area contributed by atoms with Crippen molar-refractivity contribution in [3.63, 3.8) is 0 Å². The first-order valence-electron chi connectivity index (χ1n) is 8.37. The van der Waals surface area contributed by atoms with Crippen molar-refractivity contribution in [3.05, 3.63) is 83.8 Å². The van der Waals surface area contributed by atoms with E-state index in [1.54, 1.807) is 48.5 Å². The number of hydrogen-bond acceptors (Lipinski definition) is 5. The number of nitrogens with one attached hydrogen (secondary N) is 1. The number of halogens is 1. The van der Waals surface area contributed by atoms with Crippen LogP contribution in [0.25, 0.3) is 22.8 Å². The van der Waals surface area contributed by atoms with Crippen molar-refractivity contribution in [1.29, 1.82) is 0 Å². The second-order valence-electron chi connectivity index (χ2n) is 5.93. The van der Waals surface area contributed by atoms with Gasteiger partial charge in [-0.25, -0.2) is 13.1 Å². The summed E-state index contributed by atoms with van der Waals surface area (Å²) in [6.45, 7) is 0.00290. The average molecular weight is 415 g/mol. The maximum Gasteiger partial charge on any atom is 0.262 e. The van der Waals surface area contributed by atoms with Crippen LogP contribution in [-0.4, -0.2) is 13.4 Å². The molecule has 0 saturated heterocycles. The first kappa shape index (κ1) is 18.5. The largest absolute Gasteiger partial charge is 0.468 e. The summed E-state index contributed by atoms with van der Waals surface area (Å²) in [5, 5.41) is 0.340. The molecule has 4 aromatic rings. The van der Waals surface area contributed by atoms with Gasteiger partial charge < -0.3 is 8.83 Å². The zero-order valence-corrected chi connectivity index (χ0v) is 16.1. The summed E-state index contributed by atoms with van der Waals surface area (Å²) in [5.74, 6) is 0.842. The van der Waals surface area contributed by atoms with E-state index >= 15 is 0 Å². The summed E-state index contributed by atoms with van der Waals surface area (Å²) in [7, 11) is -3.96. The van der Waals surface area contributed by atoms with Crippen molar-refractivity contribution >= 4 is 21.6 Å². The van der Waals surface area contributed by atoms with Crippen LogP contribution >= 0.6 is 11.6 Å². The molecule has 0 spiro atoms. The molecule has 2 heterocycles. The van der Waals surface area contributed by atoms with Crippen LogP contribution < -0.4 is 4.72 Å². The summed E-state index contributed by atoms with van der Waals surface area (Å²) >= 11 is 5.95. The summed E-state index contributed by atoms with van der Waals surface area (Å²) < 4.78 is 39.4. The highest BCUT2D eigenvalue weighted by atomic mass is 35.5. The number of furan rings is 1. The highest BCUT2D eigenvalue weighted by Crippen LogP contribution is 2.33. The molecule has 0 unspecified atom stereocenters. The Balaban J connectivity index is 1.77. The van der Waals surface area contributed by atoms with E-state index in [0.717, 1.165) is 0 Å². The number of benzene rings is 2. The molecule has 6 nitrogen and oxygen atoms in total. The fourth-order valence-electron chi connectivity index (χ4n) is 2.62. The molecule has 142 valence electrons. The third kappa shape index (κ3) is 3.87. The number of aromatic nitrogens is 1. The Hall–Kier alpha value is -2.87. The zero-order chi connectivity index (χ0) is 19.6.